The Bertz CT molecular complexity index is 465. The lowest BCUT2D eigenvalue weighted by atomic mass is 10.1. The number of thioether (sulfide) groups is 1. The van der Waals surface area contributed by atoms with Crippen LogP contribution in [0.3, 0.4) is 0 Å². The van der Waals surface area contributed by atoms with E-state index in [1.165, 1.54) is 12.5 Å². The molecule has 1 amide bonds. The van der Waals surface area contributed by atoms with Gasteiger partial charge >= 0.3 is 0 Å². The summed E-state index contributed by atoms with van der Waals surface area (Å²) in [5.74, 6) is 1.06. The molecule has 0 aromatic heterocycles. The molecule has 6 heteroatoms. The fraction of sp³-hybridized carbons (Fsp3) is 0.385. The van der Waals surface area contributed by atoms with Gasteiger partial charge in [0.05, 0.1) is 6.54 Å². The summed E-state index contributed by atoms with van der Waals surface area (Å²) < 4.78 is 0. The number of anilines is 1. The second-order valence-corrected chi connectivity index (χ2v) is 5.13. The molecule has 2 rings (SSSR count). The van der Waals surface area contributed by atoms with Gasteiger partial charge in [-0.15, -0.1) is 12.4 Å². The van der Waals surface area contributed by atoms with Crippen molar-refractivity contribution in [1.29, 1.82) is 0 Å². The monoisotopic (exact) mass is 299 g/mol. The van der Waals surface area contributed by atoms with Crippen LogP contribution >= 0.6 is 24.2 Å². The summed E-state index contributed by atoms with van der Waals surface area (Å²) in [5.41, 5.74) is 2.28. The topological polar surface area (TPSA) is 53.5 Å². The van der Waals surface area contributed by atoms with Crippen molar-refractivity contribution in [3.05, 3.63) is 29.8 Å². The number of amides is 1. The van der Waals surface area contributed by atoms with Gasteiger partial charge in [-0.1, -0.05) is 30.0 Å². The third kappa shape index (κ3) is 5.12. The lowest BCUT2D eigenvalue weighted by molar-refractivity contribution is -0.118. The highest BCUT2D eigenvalue weighted by molar-refractivity contribution is 8.14. The summed E-state index contributed by atoms with van der Waals surface area (Å²) in [4.78, 5) is 15.2. The average molecular weight is 300 g/mol. The lowest BCUT2D eigenvalue weighted by Crippen LogP contribution is -2.22. The number of halogens is 1. The zero-order valence-corrected chi connectivity index (χ0v) is 12.4. The third-order valence-corrected chi connectivity index (χ3v) is 3.50. The summed E-state index contributed by atoms with van der Waals surface area (Å²) >= 11 is 1.74. The second-order valence-electron chi connectivity index (χ2n) is 4.05. The van der Waals surface area contributed by atoms with Crippen molar-refractivity contribution >= 4 is 40.9 Å². The average Bonchev–Trinajstić information content (AvgIpc) is 2.84. The Hall–Kier alpha value is -1.20. The number of carbonyl (C=O) groups is 1. The molecule has 1 aliphatic rings. The number of carbonyl (C=O) groups excluding carboxylic acids is 1. The Kier molecular flexibility index (Phi) is 6.73. The van der Waals surface area contributed by atoms with Gasteiger partial charge in [0.25, 0.3) is 0 Å². The molecule has 0 radical (unpaired) electrons. The summed E-state index contributed by atoms with van der Waals surface area (Å²) in [7, 11) is 0. The van der Waals surface area contributed by atoms with Crippen LogP contribution in [-0.2, 0) is 11.2 Å². The van der Waals surface area contributed by atoms with Gasteiger partial charge in [0, 0.05) is 24.9 Å². The summed E-state index contributed by atoms with van der Waals surface area (Å²) in [6, 6.07) is 8.14. The van der Waals surface area contributed by atoms with E-state index in [9.17, 15) is 4.79 Å². The van der Waals surface area contributed by atoms with Gasteiger partial charge in [-0.2, -0.15) is 0 Å². The molecule has 1 aromatic rings. The fourth-order valence-corrected chi connectivity index (χ4v) is 2.50. The second kappa shape index (κ2) is 8.07. The number of rotatable bonds is 4. The van der Waals surface area contributed by atoms with Gasteiger partial charge in [-0.25, -0.2) is 0 Å². The molecule has 2 N–H and O–H groups in total. The maximum atomic E-state index is 10.8. The zero-order chi connectivity index (χ0) is 12.8. The Labute approximate surface area is 123 Å². The normalized spacial score (nSPS) is 13.4. The number of amidine groups is 1. The number of hydrogen-bond donors (Lipinski definition) is 2. The van der Waals surface area contributed by atoms with Crippen molar-refractivity contribution in [3.63, 3.8) is 0 Å². The van der Waals surface area contributed by atoms with E-state index in [0.717, 1.165) is 29.6 Å². The molecule has 0 bridgehead atoms. The van der Waals surface area contributed by atoms with Gasteiger partial charge in [-0.3, -0.25) is 9.79 Å². The molecular weight excluding hydrogens is 282 g/mol. The van der Waals surface area contributed by atoms with E-state index in [0.29, 0.717) is 6.54 Å². The Morgan fingerprint density at radius 2 is 2.21 bits per heavy atom. The highest BCUT2D eigenvalue weighted by Crippen LogP contribution is 2.20. The predicted molar refractivity (Wildman–Crippen MR) is 84.5 cm³/mol. The molecule has 0 fully saturated rings. The summed E-state index contributed by atoms with van der Waals surface area (Å²) in [6.07, 6.45) is 0.820. The molecule has 0 saturated heterocycles. The molecule has 1 aromatic carbocycles. The van der Waals surface area contributed by atoms with E-state index in [2.05, 4.69) is 21.7 Å². The van der Waals surface area contributed by atoms with Gasteiger partial charge in [0.1, 0.15) is 0 Å². The quantitative estimate of drug-likeness (QED) is 0.897. The molecule has 1 aliphatic heterocycles. The maximum absolute atomic E-state index is 10.8. The van der Waals surface area contributed by atoms with Crippen molar-refractivity contribution in [3.8, 4) is 0 Å². The van der Waals surface area contributed by atoms with Crippen LogP contribution in [0.1, 0.15) is 12.5 Å². The van der Waals surface area contributed by atoms with Crippen LogP contribution in [0.25, 0.3) is 0 Å². The first kappa shape index (κ1) is 15.9. The molecule has 1 heterocycles. The van der Waals surface area contributed by atoms with Gasteiger partial charge < -0.3 is 10.6 Å². The SMILES string of the molecule is CC(=O)NCCc1ccccc1NC1=NCCS1.Cl. The van der Waals surface area contributed by atoms with Crippen molar-refractivity contribution in [1.82, 2.24) is 5.32 Å². The van der Waals surface area contributed by atoms with Crippen LogP contribution in [0.15, 0.2) is 29.3 Å². The molecule has 19 heavy (non-hydrogen) atoms. The fourth-order valence-electron chi connectivity index (χ4n) is 1.76. The highest BCUT2D eigenvalue weighted by atomic mass is 35.5. The minimum absolute atomic E-state index is 0. The van der Waals surface area contributed by atoms with Crippen LogP contribution in [0.4, 0.5) is 5.69 Å². The van der Waals surface area contributed by atoms with Gasteiger partial charge in [0.2, 0.25) is 5.91 Å². The van der Waals surface area contributed by atoms with Gasteiger partial charge in [-0.05, 0) is 18.1 Å². The summed E-state index contributed by atoms with van der Waals surface area (Å²) in [5, 5.41) is 7.15. The van der Waals surface area contributed by atoms with Crippen molar-refractivity contribution in [2.75, 3.05) is 24.2 Å². The Balaban J connectivity index is 0.00000180. The summed E-state index contributed by atoms with van der Waals surface area (Å²) in [6.45, 7) is 3.09. The van der Waals surface area contributed by atoms with E-state index in [1.54, 1.807) is 11.8 Å². The van der Waals surface area contributed by atoms with Crippen LogP contribution in [0.5, 0.6) is 0 Å². The minimum Gasteiger partial charge on any atom is -0.356 e. The first-order chi connectivity index (χ1) is 8.75. The molecule has 0 spiro atoms. The van der Waals surface area contributed by atoms with E-state index >= 15 is 0 Å². The van der Waals surface area contributed by atoms with E-state index in [4.69, 9.17) is 0 Å². The number of hydrogen-bond acceptors (Lipinski definition) is 4. The molecule has 0 aliphatic carbocycles. The van der Waals surface area contributed by atoms with Crippen LogP contribution in [0.2, 0.25) is 0 Å². The maximum Gasteiger partial charge on any atom is 0.216 e. The van der Waals surface area contributed by atoms with E-state index in [-0.39, 0.29) is 18.3 Å². The van der Waals surface area contributed by atoms with E-state index < -0.39 is 0 Å². The number of para-hydroxylation sites is 1. The first-order valence-electron chi connectivity index (χ1n) is 6.02. The van der Waals surface area contributed by atoms with Crippen molar-refractivity contribution in [2.45, 2.75) is 13.3 Å². The molecule has 4 nitrogen and oxygen atoms in total. The largest absolute Gasteiger partial charge is 0.356 e. The first-order valence-corrected chi connectivity index (χ1v) is 7.01. The number of nitrogens with one attached hydrogen (secondary N) is 2. The number of benzene rings is 1. The highest BCUT2D eigenvalue weighted by Gasteiger charge is 2.09. The number of aliphatic imine (C=N–C) groups is 1. The molecular formula is C13H18ClN3OS. The standard InChI is InChI=1S/C13H17N3OS.ClH/c1-10(17)14-7-6-11-4-2-3-5-12(11)16-13-15-8-9-18-13;/h2-5H,6-9H2,1H3,(H,14,17)(H,15,16);1H. The smallest absolute Gasteiger partial charge is 0.216 e. The van der Waals surface area contributed by atoms with Crippen LogP contribution < -0.4 is 10.6 Å². The molecule has 0 unspecified atom stereocenters. The van der Waals surface area contributed by atoms with Gasteiger partial charge in [0.15, 0.2) is 5.17 Å². The minimum atomic E-state index is 0. The Morgan fingerprint density at radius 3 is 2.89 bits per heavy atom. The zero-order valence-electron chi connectivity index (χ0n) is 10.8. The van der Waals surface area contributed by atoms with Crippen LogP contribution in [0, 0.1) is 0 Å². The Morgan fingerprint density at radius 1 is 1.42 bits per heavy atom. The molecule has 104 valence electrons. The van der Waals surface area contributed by atoms with Crippen molar-refractivity contribution in [2.24, 2.45) is 4.99 Å². The van der Waals surface area contributed by atoms with E-state index in [1.807, 2.05) is 18.2 Å². The lowest BCUT2D eigenvalue weighted by Gasteiger charge is -2.11. The van der Waals surface area contributed by atoms with Crippen molar-refractivity contribution < 1.29 is 4.79 Å². The predicted octanol–water partition coefficient (Wildman–Crippen LogP) is 2.30. The van der Waals surface area contributed by atoms with Crippen LogP contribution in [-0.4, -0.2) is 29.9 Å². The third-order valence-electron chi connectivity index (χ3n) is 2.61. The molecule has 0 saturated carbocycles. The number of nitrogens with zero attached hydrogens (tertiary/aromatic N) is 1. The molecule has 0 atom stereocenters.